The maximum Gasteiger partial charge on any atom is 0.252 e. The first-order valence-electron chi connectivity index (χ1n) is 6.39. The van der Waals surface area contributed by atoms with Crippen LogP contribution >= 0.6 is 24.2 Å². The Balaban J connectivity index is 1.73. The molecule has 1 aromatic heterocycles. The van der Waals surface area contributed by atoms with Gasteiger partial charge in [0.15, 0.2) is 0 Å². The van der Waals surface area contributed by atoms with Crippen LogP contribution in [0.5, 0.6) is 0 Å². The van der Waals surface area contributed by atoms with Gasteiger partial charge in [0, 0.05) is 30.4 Å². The van der Waals surface area contributed by atoms with Crippen molar-refractivity contribution >= 4 is 30.1 Å². The second-order valence-electron chi connectivity index (χ2n) is 4.43. The molecule has 0 spiro atoms. The molecule has 1 N–H and O–H groups in total. The maximum absolute atomic E-state index is 12.0. The van der Waals surface area contributed by atoms with Crippen molar-refractivity contribution in [2.45, 2.75) is 24.3 Å². The van der Waals surface area contributed by atoms with Crippen LogP contribution in [-0.4, -0.2) is 22.0 Å². The van der Waals surface area contributed by atoms with Crippen molar-refractivity contribution in [1.29, 1.82) is 0 Å². The van der Waals surface area contributed by atoms with Crippen LogP contribution in [0.25, 0.3) is 0 Å². The van der Waals surface area contributed by atoms with Crippen LogP contribution in [0.3, 0.4) is 0 Å². The van der Waals surface area contributed by atoms with Crippen molar-refractivity contribution in [1.82, 2.24) is 14.9 Å². The number of benzene rings is 1. The van der Waals surface area contributed by atoms with Gasteiger partial charge in [0.05, 0.1) is 16.9 Å². The number of imidazole rings is 1. The third-order valence-electron chi connectivity index (χ3n) is 2.88. The summed E-state index contributed by atoms with van der Waals surface area (Å²) in [5.74, 6) is -0.159. The van der Waals surface area contributed by atoms with Gasteiger partial charge in [0.2, 0.25) is 0 Å². The van der Waals surface area contributed by atoms with Crippen LogP contribution in [0.1, 0.15) is 23.2 Å². The van der Waals surface area contributed by atoms with E-state index >= 15 is 0 Å². The van der Waals surface area contributed by atoms with E-state index in [2.05, 4.69) is 22.9 Å². The van der Waals surface area contributed by atoms with Crippen LogP contribution in [0.4, 0.5) is 0 Å². The number of unbranched alkanes of at least 4 members (excludes halogenated alkanes) is 1. The SMILES string of the molecule is O=C(NCCCCn1ccnc1)c1cc(S)ccc1Cl. The predicted octanol–water partition coefficient (Wildman–Crippen LogP) is 3.04. The number of rotatable bonds is 6. The van der Waals surface area contributed by atoms with Crippen molar-refractivity contribution in [2.24, 2.45) is 0 Å². The van der Waals surface area contributed by atoms with Crippen molar-refractivity contribution < 1.29 is 4.79 Å². The second-order valence-corrected chi connectivity index (χ2v) is 5.35. The van der Waals surface area contributed by atoms with Gasteiger partial charge in [-0.2, -0.15) is 0 Å². The molecule has 0 bridgehead atoms. The molecule has 0 saturated carbocycles. The quantitative estimate of drug-likeness (QED) is 0.636. The molecule has 1 amide bonds. The Morgan fingerprint density at radius 3 is 3.00 bits per heavy atom. The van der Waals surface area contributed by atoms with Crippen molar-refractivity contribution in [3.63, 3.8) is 0 Å². The van der Waals surface area contributed by atoms with Gasteiger partial charge in [-0.05, 0) is 31.0 Å². The summed E-state index contributed by atoms with van der Waals surface area (Å²) in [6.07, 6.45) is 7.36. The summed E-state index contributed by atoms with van der Waals surface area (Å²) < 4.78 is 2.02. The molecule has 2 aromatic rings. The Labute approximate surface area is 128 Å². The number of hydrogen-bond acceptors (Lipinski definition) is 3. The first-order chi connectivity index (χ1) is 9.66. The Morgan fingerprint density at radius 1 is 1.40 bits per heavy atom. The minimum Gasteiger partial charge on any atom is -0.352 e. The predicted molar refractivity (Wildman–Crippen MR) is 82.5 cm³/mol. The number of nitrogens with one attached hydrogen (secondary N) is 1. The molecule has 106 valence electrons. The summed E-state index contributed by atoms with van der Waals surface area (Å²) in [6, 6.07) is 5.11. The van der Waals surface area contributed by atoms with Gasteiger partial charge >= 0.3 is 0 Å². The highest BCUT2D eigenvalue weighted by Gasteiger charge is 2.09. The fourth-order valence-corrected chi connectivity index (χ4v) is 2.23. The van der Waals surface area contributed by atoms with Gasteiger partial charge in [0.25, 0.3) is 5.91 Å². The summed E-state index contributed by atoms with van der Waals surface area (Å²) in [5, 5.41) is 3.31. The van der Waals surface area contributed by atoms with Gasteiger partial charge in [0.1, 0.15) is 0 Å². The number of halogens is 1. The highest BCUT2D eigenvalue weighted by Crippen LogP contribution is 2.19. The number of carbonyl (C=O) groups excluding carboxylic acids is 1. The molecule has 0 fully saturated rings. The molecule has 4 nitrogen and oxygen atoms in total. The van der Waals surface area contributed by atoms with Crippen molar-refractivity contribution in [3.8, 4) is 0 Å². The van der Waals surface area contributed by atoms with Crippen LogP contribution in [-0.2, 0) is 6.54 Å². The highest BCUT2D eigenvalue weighted by molar-refractivity contribution is 7.80. The van der Waals surface area contributed by atoms with E-state index in [4.69, 9.17) is 11.6 Å². The Kier molecular flexibility index (Phi) is 5.49. The molecule has 2 rings (SSSR count). The lowest BCUT2D eigenvalue weighted by atomic mass is 10.2. The number of aromatic nitrogens is 2. The number of hydrogen-bond donors (Lipinski definition) is 2. The second kappa shape index (κ2) is 7.36. The molecular formula is C14H16ClN3OS. The van der Waals surface area contributed by atoms with E-state index in [0.29, 0.717) is 17.1 Å². The van der Waals surface area contributed by atoms with E-state index < -0.39 is 0 Å². The summed E-state index contributed by atoms with van der Waals surface area (Å²) in [7, 11) is 0. The van der Waals surface area contributed by atoms with E-state index in [0.717, 1.165) is 24.3 Å². The van der Waals surface area contributed by atoms with Gasteiger partial charge < -0.3 is 9.88 Å². The first-order valence-corrected chi connectivity index (χ1v) is 7.22. The highest BCUT2D eigenvalue weighted by atomic mass is 35.5. The molecule has 0 aliphatic heterocycles. The Morgan fingerprint density at radius 2 is 2.25 bits per heavy atom. The van der Waals surface area contributed by atoms with E-state index in [1.54, 1.807) is 30.7 Å². The van der Waals surface area contributed by atoms with Crippen LogP contribution in [0.2, 0.25) is 5.02 Å². The maximum atomic E-state index is 12.0. The topological polar surface area (TPSA) is 46.9 Å². The molecule has 0 saturated heterocycles. The minimum atomic E-state index is -0.159. The molecule has 0 aliphatic rings. The fraction of sp³-hybridized carbons (Fsp3) is 0.286. The van der Waals surface area contributed by atoms with E-state index in [-0.39, 0.29) is 5.91 Å². The number of amides is 1. The molecule has 6 heteroatoms. The smallest absolute Gasteiger partial charge is 0.252 e. The zero-order valence-electron chi connectivity index (χ0n) is 10.9. The molecule has 0 aliphatic carbocycles. The number of nitrogens with zero attached hydrogens (tertiary/aromatic N) is 2. The number of thiol groups is 1. The Hall–Kier alpha value is -1.46. The summed E-state index contributed by atoms with van der Waals surface area (Å²) >= 11 is 10.2. The zero-order valence-corrected chi connectivity index (χ0v) is 12.6. The third kappa shape index (κ3) is 4.28. The largest absolute Gasteiger partial charge is 0.352 e. The number of aryl methyl sites for hydroxylation is 1. The average Bonchev–Trinajstić information content (AvgIpc) is 2.94. The van der Waals surface area contributed by atoms with Crippen molar-refractivity contribution in [3.05, 3.63) is 47.5 Å². The summed E-state index contributed by atoms with van der Waals surface area (Å²) in [6.45, 7) is 1.53. The molecular weight excluding hydrogens is 294 g/mol. The zero-order chi connectivity index (χ0) is 14.4. The van der Waals surface area contributed by atoms with E-state index in [9.17, 15) is 4.79 Å². The first kappa shape index (κ1) is 14.9. The monoisotopic (exact) mass is 309 g/mol. The van der Waals surface area contributed by atoms with E-state index in [1.807, 2.05) is 10.8 Å². The average molecular weight is 310 g/mol. The lowest BCUT2D eigenvalue weighted by Crippen LogP contribution is -2.25. The van der Waals surface area contributed by atoms with Crippen molar-refractivity contribution in [2.75, 3.05) is 6.54 Å². The fourth-order valence-electron chi connectivity index (χ4n) is 1.82. The van der Waals surface area contributed by atoms with Gasteiger partial charge in [-0.1, -0.05) is 11.6 Å². The normalized spacial score (nSPS) is 10.5. The van der Waals surface area contributed by atoms with Gasteiger partial charge in [-0.25, -0.2) is 4.98 Å². The molecule has 1 heterocycles. The molecule has 20 heavy (non-hydrogen) atoms. The summed E-state index contributed by atoms with van der Waals surface area (Å²) in [4.78, 5) is 16.7. The minimum absolute atomic E-state index is 0.159. The lowest BCUT2D eigenvalue weighted by Gasteiger charge is -2.07. The van der Waals surface area contributed by atoms with E-state index in [1.165, 1.54) is 0 Å². The number of carbonyl (C=O) groups is 1. The Bertz CT molecular complexity index is 572. The molecule has 1 aromatic carbocycles. The van der Waals surface area contributed by atoms with Crippen LogP contribution in [0.15, 0.2) is 41.8 Å². The summed E-state index contributed by atoms with van der Waals surface area (Å²) in [5.41, 5.74) is 0.466. The van der Waals surface area contributed by atoms with Gasteiger partial charge in [-0.15, -0.1) is 12.6 Å². The van der Waals surface area contributed by atoms with Crippen LogP contribution < -0.4 is 5.32 Å². The van der Waals surface area contributed by atoms with Crippen LogP contribution in [0, 0.1) is 0 Å². The molecule has 0 radical (unpaired) electrons. The van der Waals surface area contributed by atoms with Gasteiger partial charge in [-0.3, -0.25) is 4.79 Å². The lowest BCUT2D eigenvalue weighted by molar-refractivity contribution is 0.0953. The molecule has 0 unspecified atom stereocenters. The third-order valence-corrected chi connectivity index (χ3v) is 3.49. The molecule has 0 atom stereocenters. The standard InChI is InChI=1S/C14H16ClN3OS/c15-13-4-3-11(20)9-12(13)14(19)17-5-1-2-7-18-8-6-16-10-18/h3-4,6,8-10,20H,1-2,5,7H2,(H,17,19).